The van der Waals surface area contributed by atoms with Gasteiger partial charge < -0.3 is 4.90 Å². The Morgan fingerprint density at radius 1 is 0.459 bits per heavy atom. The van der Waals surface area contributed by atoms with E-state index in [4.69, 9.17) is 0 Å². The standard InChI is InChI=1S/C59H43NS/c1-4-19-41(20-5-1)57-47-27-11-10-18-40(47)35-37-54(57)60(53-31-17-33-56-58(53)50-29-13-15-32-55(50)61-56)46-26-16-21-42(38-46)43-34-36-49-48-28-12-14-30-51(48)59(52(49)39-43,44-22-6-2-7-23-44)45-24-8-3-9-25-45/h1-39,50,55-56,58H. The zero-order valence-corrected chi connectivity index (χ0v) is 34.5. The molecule has 0 N–H and O–H groups in total. The second-order valence-electron chi connectivity index (χ2n) is 16.6. The molecule has 4 unspecified atom stereocenters. The summed E-state index contributed by atoms with van der Waals surface area (Å²) in [6, 6.07) is 72.3. The van der Waals surface area contributed by atoms with Crippen LogP contribution in [0.5, 0.6) is 0 Å². The number of rotatable bonds is 7. The first-order valence-electron chi connectivity index (χ1n) is 21.5. The van der Waals surface area contributed by atoms with Crippen molar-refractivity contribution in [3.63, 3.8) is 0 Å². The van der Waals surface area contributed by atoms with Crippen LogP contribution in [-0.4, -0.2) is 10.5 Å². The summed E-state index contributed by atoms with van der Waals surface area (Å²) >= 11 is 2.10. The van der Waals surface area contributed by atoms with Crippen LogP contribution in [0.3, 0.4) is 0 Å². The maximum atomic E-state index is 2.61. The van der Waals surface area contributed by atoms with Crippen molar-refractivity contribution in [1.82, 2.24) is 0 Å². The first-order valence-corrected chi connectivity index (χ1v) is 22.4. The second kappa shape index (κ2) is 14.7. The Bertz CT molecular complexity index is 3050. The van der Waals surface area contributed by atoms with Gasteiger partial charge in [0.2, 0.25) is 0 Å². The van der Waals surface area contributed by atoms with Crippen LogP contribution in [0.4, 0.5) is 11.4 Å². The summed E-state index contributed by atoms with van der Waals surface area (Å²) in [6.07, 6.45) is 16.5. The maximum Gasteiger partial charge on any atom is 0.0713 e. The predicted molar refractivity (Wildman–Crippen MR) is 258 cm³/mol. The molecule has 0 aromatic heterocycles. The molecular formula is C59H43NS. The smallest absolute Gasteiger partial charge is 0.0713 e. The Labute approximate surface area is 362 Å². The zero-order chi connectivity index (χ0) is 40.3. The highest BCUT2D eigenvalue weighted by molar-refractivity contribution is 8.01. The quantitative estimate of drug-likeness (QED) is 0.158. The zero-order valence-electron chi connectivity index (χ0n) is 33.7. The Kier molecular flexibility index (Phi) is 8.68. The van der Waals surface area contributed by atoms with Crippen LogP contribution in [0.2, 0.25) is 0 Å². The minimum absolute atomic E-state index is 0.316. The van der Waals surface area contributed by atoms with E-state index >= 15 is 0 Å². The lowest BCUT2D eigenvalue weighted by atomic mass is 9.67. The van der Waals surface area contributed by atoms with Gasteiger partial charge in [-0.2, -0.15) is 0 Å². The van der Waals surface area contributed by atoms with E-state index < -0.39 is 5.41 Å². The molecule has 290 valence electrons. The number of hydrogen-bond acceptors (Lipinski definition) is 2. The SMILES string of the molecule is C1=CC2SC3C=CC=C(N(c4cccc(-c5ccc6c(c5)C(c5ccccc5)(c5ccccc5)c5ccccc5-6)c4)c4ccc5ccccc5c4-c4ccccc4)C3C2C=C1. The molecule has 0 bridgehead atoms. The molecule has 8 aromatic rings. The fourth-order valence-electron chi connectivity index (χ4n) is 10.9. The molecular weight excluding hydrogens is 755 g/mol. The molecule has 8 aromatic carbocycles. The molecule has 4 atom stereocenters. The molecule has 0 saturated carbocycles. The Morgan fingerprint density at radius 2 is 1.11 bits per heavy atom. The monoisotopic (exact) mass is 797 g/mol. The highest BCUT2D eigenvalue weighted by Crippen LogP contribution is 2.58. The topological polar surface area (TPSA) is 3.24 Å². The van der Waals surface area contributed by atoms with E-state index in [0.29, 0.717) is 22.3 Å². The Balaban J connectivity index is 1.08. The van der Waals surface area contributed by atoms with E-state index in [1.807, 2.05) is 0 Å². The molecule has 1 fully saturated rings. The summed E-state index contributed by atoms with van der Waals surface area (Å²) in [5, 5.41) is 3.34. The van der Waals surface area contributed by atoms with Crippen molar-refractivity contribution in [2.24, 2.45) is 11.8 Å². The average Bonchev–Trinajstić information content (AvgIpc) is 3.87. The minimum Gasteiger partial charge on any atom is -0.313 e. The molecule has 0 spiro atoms. The third kappa shape index (κ3) is 5.70. The van der Waals surface area contributed by atoms with Crippen molar-refractivity contribution in [3.05, 3.63) is 265 Å². The predicted octanol–water partition coefficient (Wildman–Crippen LogP) is 15.0. The lowest BCUT2D eigenvalue weighted by Crippen LogP contribution is -2.32. The first kappa shape index (κ1) is 36.0. The van der Waals surface area contributed by atoms with Crippen LogP contribution >= 0.6 is 11.8 Å². The summed E-state index contributed by atoms with van der Waals surface area (Å²) in [5.74, 6) is 0.723. The summed E-state index contributed by atoms with van der Waals surface area (Å²) < 4.78 is 0. The second-order valence-corrected chi connectivity index (χ2v) is 18.0. The fraction of sp³-hybridized carbons (Fsp3) is 0.0847. The van der Waals surface area contributed by atoms with Crippen LogP contribution < -0.4 is 4.90 Å². The van der Waals surface area contributed by atoms with Crippen LogP contribution in [-0.2, 0) is 5.41 Å². The van der Waals surface area contributed by atoms with Gasteiger partial charge in [0.05, 0.1) is 11.1 Å². The summed E-state index contributed by atoms with van der Waals surface area (Å²) in [5.41, 5.74) is 15.9. The lowest BCUT2D eigenvalue weighted by molar-refractivity contribution is 0.493. The molecule has 1 saturated heterocycles. The maximum absolute atomic E-state index is 2.61. The van der Waals surface area contributed by atoms with Gasteiger partial charge in [-0.1, -0.05) is 206 Å². The Morgan fingerprint density at radius 3 is 1.93 bits per heavy atom. The molecule has 1 nitrogen and oxygen atoms in total. The number of anilines is 2. The number of hydrogen-bond donors (Lipinski definition) is 0. The number of benzene rings is 8. The van der Waals surface area contributed by atoms with Gasteiger partial charge in [0, 0.05) is 39.3 Å². The van der Waals surface area contributed by atoms with Gasteiger partial charge in [0.15, 0.2) is 0 Å². The van der Waals surface area contributed by atoms with E-state index in [9.17, 15) is 0 Å². The first-order chi connectivity index (χ1) is 30.3. The van der Waals surface area contributed by atoms with Crippen LogP contribution in [0.1, 0.15) is 22.3 Å². The van der Waals surface area contributed by atoms with E-state index in [0.717, 1.165) is 5.69 Å². The van der Waals surface area contributed by atoms with E-state index in [1.54, 1.807) is 0 Å². The molecule has 3 aliphatic carbocycles. The van der Waals surface area contributed by atoms with Crippen molar-refractivity contribution in [2.75, 3.05) is 4.90 Å². The third-order valence-electron chi connectivity index (χ3n) is 13.5. The average molecular weight is 798 g/mol. The van der Waals surface area contributed by atoms with Gasteiger partial charge in [-0.3, -0.25) is 0 Å². The normalized spacial score (nSPS) is 20.1. The van der Waals surface area contributed by atoms with Crippen LogP contribution in [0, 0.1) is 11.8 Å². The lowest BCUT2D eigenvalue weighted by Gasteiger charge is -2.38. The van der Waals surface area contributed by atoms with Gasteiger partial charge >= 0.3 is 0 Å². The highest BCUT2D eigenvalue weighted by atomic mass is 32.2. The summed E-state index contributed by atoms with van der Waals surface area (Å²) in [6.45, 7) is 0. The van der Waals surface area contributed by atoms with Gasteiger partial charge in [0.1, 0.15) is 0 Å². The van der Waals surface area contributed by atoms with Crippen LogP contribution in [0.25, 0.3) is 44.2 Å². The molecule has 12 rings (SSSR count). The van der Waals surface area contributed by atoms with Crippen molar-refractivity contribution in [1.29, 1.82) is 0 Å². The van der Waals surface area contributed by atoms with E-state index in [1.165, 1.54) is 77.8 Å². The highest BCUT2D eigenvalue weighted by Gasteiger charge is 2.47. The Hall–Kier alpha value is -6.87. The van der Waals surface area contributed by atoms with E-state index in [-0.39, 0.29) is 0 Å². The van der Waals surface area contributed by atoms with Crippen molar-refractivity contribution in [2.45, 2.75) is 15.9 Å². The van der Waals surface area contributed by atoms with Gasteiger partial charge in [-0.15, -0.1) is 11.8 Å². The number of allylic oxidation sites excluding steroid dienone is 6. The number of fused-ring (bicyclic) bond motifs is 7. The summed E-state index contributed by atoms with van der Waals surface area (Å²) in [7, 11) is 0. The molecule has 0 amide bonds. The molecule has 1 heterocycles. The van der Waals surface area contributed by atoms with Gasteiger partial charge in [-0.25, -0.2) is 0 Å². The molecule has 0 radical (unpaired) electrons. The van der Waals surface area contributed by atoms with Gasteiger partial charge in [0.25, 0.3) is 0 Å². The molecule has 2 heteroatoms. The third-order valence-corrected chi connectivity index (χ3v) is 15.0. The van der Waals surface area contributed by atoms with E-state index in [2.05, 4.69) is 253 Å². The number of nitrogens with zero attached hydrogens (tertiary/aromatic N) is 1. The largest absolute Gasteiger partial charge is 0.313 e. The fourth-order valence-corrected chi connectivity index (χ4v) is 12.6. The van der Waals surface area contributed by atoms with Crippen molar-refractivity contribution in [3.8, 4) is 33.4 Å². The van der Waals surface area contributed by atoms with Crippen LogP contribution in [0.15, 0.2) is 242 Å². The van der Waals surface area contributed by atoms with Gasteiger partial charge in [-0.05, 0) is 91.2 Å². The summed E-state index contributed by atoms with van der Waals surface area (Å²) in [4.78, 5) is 2.61. The van der Waals surface area contributed by atoms with Crippen molar-refractivity contribution < 1.29 is 0 Å². The van der Waals surface area contributed by atoms with Crippen molar-refractivity contribution >= 4 is 33.9 Å². The molecule has 1 aliphatic heterocycles. The minimum atomic E-state index is -0.462. The number of thioether (sulfide) groups is 1. The molecule has 4 aliphatic rings. The molecule has 61 heavy (non-hydrogen) atoms.